The number of pyridine rings is 1. The number of rotatable bonds is 4. The van der Waals surface area contributed by atoms with Gasteiger partial charge in [-0.3, -0.25) is 10.1 Å². The van der Waals surface area contributed by atoms with Crippen molar-refractivity contribution in [3.63, 3.8) is 0 Å². The van der Waals surface area contributed by atoms with E-state index in [-0.39, 0.29) is 18.0 Å². The second kappa shape index (κ2) is 5.45. The zero-order valence-corrected chi connectivity index (χ0v) is 10.4. The van der Waals surface area contributed by atoms with Crippen LogP contribution in [-0.2, 0) is 6.54 Å². The molecule has 1 aromatic heterocycles. The number of hydrogen-bond acceptors (Lipinski definition) is 5. The lowest BCUT2D eigenvalue weighted by Gasteiger charge is -2.09. The van der Waals surface area contributed by atoms with Gasteiger partial charge in [0, 0.05) is 24.4 Å². The molecule has 6 nitrogen and oxygen atoms in total. The first kappa shape index (κ1) is 13.0. The monoisotopic (exact) mass is 259 g/mol. The van der Waals surface area contributed by atoms with Gasteiger partial charge in [0.15, 0.2) is 0 Å². The van der Waals surface area contributed by atoms with Crippen LogP contribution in [0.15, 0.2) is 36.5 Å². The van der Waals surface area contributed by atoms with Gasteiger partial charge in [0.2, 0.25) is 11.6 Å². The molecule has 98 valence electrons. The smallest absolute Gasteiger partial charge is 0.311 e. The van der Waals surface area contributed by atoms with Crippen molar-refractivity contribution in [3.8, 4) is 11.6 Å². The SMILES string of the molecule is Cc1ccc([N+](=O)[O-])c(Oc2ncccc2CN)c1. The number of nitrogens with two attached hydrogens (primary N) is 1. The molecule has 1 aromatic carbocycles. The molecule has 1 heterocycles. The second-order valence-corrected chi connectivity index (χ2v) is 4.00. The van der Waals surface area contributed by atoms with Crippen LogP contribution in [0.5, 0.6) is 11.6 Å². The maximum absolute atomic E-state index is 11.0. The molecule has 0 fully saturated rings. The highest BCUT2D eigenvalue weighted by molar-refractivity contribution is 5.50. The van der Waals surface area contributed by atoms with Gasteiger partial charge in [-0.2, -0.15) is 0 Å². The number of nitrogens with zero attached hydrogens (tertiary/aromatic N) is 2. The molecule has 0 saturated heterocycles. The van der Waals surface area contributed by atoms with Gasteiger partial charge < -0.3 is 10.5 Å². The van der Waals surface area contributed by atoms with E-state index in [4.69, 9.17) is 10.5 Å². The van der Waals surface area contributed by atoms with Crippen molar-refractivity contribution in [2.45, 2.75) is 13.5 Å². The second-order valence-electron chi connectivity index (χ2n) is 4.00. The van der Waals surface area contributed by atoms with Crippen LogP contribution < -0.4 is 10.5 Å². The highest BCUT2D eigenvalue weighted by Crippen LogP contribution is 2.32. The number of aromatic nitrogens is 1. The van der Waals surface area contributed by atoms with E-state index in [2.05, 4.69) is 4.98 Å². The van der Waals surface area contributed by atoms with Crippen molar-refractivity contribution in [1.82, 2.24) is 4.98 Å². The number of ether oxygens (including phenoxy) is 1. The zero-order valence-electron chi connectivity index (χ0n) is 10.4. The van der Waals surface area contributed by atoms with E-state index >= 15 is 0 Å². The number of hydrogen-bond donors (Lipinski definition) is 1. The maximum atomic E-state index is 11.0. The lowest BCUT2D eigenvalue weighted by atomic mass is 10.2. The van der Waals surface area contributed by atoms with E-state index in [0.29, 0.717) is 11.4 Å². The maximum Gasteiger partial charge on any atom is 0.311 e. The van der Waals surface area contributed by atoms with Crippen LogP contribution in [0.3, 0.4) is 0 Å². The number of aryl methyl sites for hydroxylation is 1. The fourth-order valence-electron chi connectivity index (χ4n) is 1.63. The lowest BCUT2D eigenvalue weighted by molar-refractivity contribution is -0.385. The summed E-state index contributed by atoms with van der Waals surface area (Å²) in [6.45, 7) is 2.08. The van der Waals surface area contributed by atoms with E-state index < -0.39 is 4.92 Å². The largest absolute Gasteiger partial charge is 0.431 e. The molecular weight excluding hydrogens is 246 g/mol. The van der Waals surface area contributed by atoms with Gasteiger partial charge in [-0.05, 0) is 24.6 Å². The fourth-order valence-corrected chi connectivity index (χ4v) is 1.63. The third-order valence-corrected chi connectivity index (χ3v) is 2.59. The van der Waals surface area contributed by atoms with E-state index in [9.17, 15) is 10.1 Å². The molecule has 0 radical (unpaired) electrons. The molecule has 0 spiro atoms. The van der Waals surface area contributed by atoms with Gasteiger partial charge >= 0.3 is 5.69 Å². The van der Waals surface area contributed by atoms with Crippen molar-refractivity contribution in [3.05, 3.63) is 57.8 Å². The molecule has 0 unspecified atom stereocenters. The average Bonchev–Trinajstić information content (AvgIpc) is 2.39. The van der Waals surface area contributed by atoms with Crippen molar-refractivity contribution in [2.75, 3.05) is 0 Å². The first-order valence-electron chi connectivity index (χ1n) is 5.68. The van der Waals surface area contributed by atoms with E-state index in [1.165, 1.54) is 6.07 Å². The van der Waals surface area contributed by atoms with Gasteiger partial charge in [-0.15, -0.1) is 0 Å². The normalized spacial score (nSPS) is 10.2. The standard InChI is InChI=1S/C13H13N3O3/c1-9-4-5-11(16(17)18)12(7-9)19-13-10(8-14)3-2-6-15-13/h2-7H,8,14H2,1H3. The average molecular weight is 259 g/mol. The Morgan fingerprint density at radius 1 is 1.42 bits per heavy atom. The van der Waals surface area contributed by atoms with Crippen LogP contribution in [-0.4, -0.2) is 9.91 Å². The van der Waals surface area contributed by atoms with Gasteiger partial charge in [-0.1, -0.05) is 12.1 Å². The van der Waals surface area contributed by atoms with Gasteiger partial charge in [0.1, 0.15) is 0 Å². The number of nitro groups is 1. The predicted octanol–water partition coefficient (Wildman–Crippen LogP) is 2.55. The Labute approximate surface area is 110 Å². The molecule has 2 rings (SSSR count). The fraction of sp³-hybridized carbons (Fsp3) is 0.154. The minimum Gasteiger partial charge on any atom is -0.431 e. The molecule has 2 aromatic rings. The van der Waals surface area contributed by atoms with E-state index in [1.807, 2.05) is 6.92 Å². The van der Waals surface area contributed by atoms with E-state index in [1.54, 1.807) is 30.5 Å². The summed E-state index contributed by atoms with van der Waals surface area (Å²) in [6, 6.07) is 8.18. The molecule has 2 N–H and O–H groups in total. The summed E-state index contributed by atoms with van der Waals surface area (Å²) in [5, 5.41) is 11.0. The first-order valence-corrected chi connectivity index (χ1v) is 5.68. The molecule has 0 bridgehead atoms. The van der Waals surface area contributed by atoms with Crippen LogP contribution in [0.25, 0.3) is 0 Å². The van der Waals surface area contributed by atoms with Crippen molar-refractivity contribution < 1.29 is 9.66 Å². The third-order valence-electron chi connectivity index (χ3n) is 2.59. The lowest BCUT2D eigenvalue weighted by Crippen LogP contribution is -2.02. The van der Waals surface area contributed by atoms with Crippen LogP contribution in [0.4, 0.5) is 5.69 Å². The Kier molecular flexibility index (Phi) is 3.72. The molecular formula is C13H13N3O3. The zero-order chi connectivity index (χ0) is 13.8. The van der Waals surface area contributed by atoms with Gasteiger partial charge in [-0.25, -0.2) is 4.98 Å². The highest BCUT2D eigenvalue weighted by atomic mass is 16.6. The minimum absolute atomic E-state index is 0.0979. The molecule has 6 heteroatoms. The number of nitro benzene ring substituents is 1. The summed E-state index contributed by atoms with van der Waals surface area (Å²) >= 11 is 0. The summed E-state index contributed by atoms with van der Waals surface area (Å²) in [7, 11) is 0. The third kappa shape index (κ3) is 2.86. The molecule has 0 amide bonds. The van der Waals surface area contributed by atoms with Crippen molar-refractivity contribution in [2.24, 2.45) is 5.73 Å². The Morgan fingerprint density at radius 2 is 2.21 bits per heavy atom. The summed E-state index contributed by atoms with van der Waals surface area (Å²) in [5.74, 6) is 0.456. The molecule has 0 atom stereocenters. The Hall–Kier alpha value is -2.47. The molecule has 19 heavy (non-hydrogen) atoms. The van der Waals surface area contributed by atoms with Crippen LogP contribution in [0.1, 0.15) is 11.1 Å². The Balaban J connectivity index is 2.42. The molecule has 0 aliphatic carbocycles. The highest BCUT2D eigenvalue weighted by Gasteiger charge is 2.17. The minimum atomic E-state index is -0.486. The van der Waals surface area contributed by atoms with Crippen LogP contribution in [0.2, 0.25) is 0 Å². The van der Waals surface area contributed by atoms with Gasteiger partial charge in [0.25, 0.3) is 0 Å². The summed E-state index contributed by atoms with van der Waals surface area (Å²) < 4.78 is 5.54. The summed E-state index contributed by atoms with van der Waals surface area (Å²) in [6.07, 6.45) is 1.55. The first-order chi connectivity index (χ1) is 9.11. The Bertz CT molecular complexity index is 614. The molecule has 0 aliphatic rings. The number of benzene rings is 1. The summed E-state index contributed by atoms with van der Waals surface area (Å²) in [5.41, 5.74) is 7.04. The predicted molar refractivity (Wildman–Crippen MR) is 70.0 cm³/mol. The van der Waals surface area contributed by atoms with E-state index in [0.717, 1.165) is 5.56 Å². The van der Waals surface area contributed by atoms with Crippen LogP contribution in [0, 0.1) is 17.0 Å². The van der Waals surface area contributed by atoms with Gasteiger partial charge in [0.05, 0.1) is 4.92 Å². The van der Waals surface area contributed by atoms with Crippen molar-refractivity contribution in [1.29, 1.82) is 0 Å². The molecule has 0 saturated carbocycles. The quantitative estimate of drug-likeness (QED) is 0.673. The Morgan fingerprint density at radius 3 is 2.89 bits per heavy atom. The van der Waals surface area contributed by atoms with Crippen LogP contribution >= 0.6 is 0 Å². The molecule has 0 aliphatic heterocycles. The summed E-state index contributed by atoms with van der Waals surface area (Å²) in [4.78, 5) is 14.5. The van der Waals surface area contributed by atoms with Crippen molar-refractivity contribution >= 4 is 5.69 Å². The topological polar surface area (TPSA) is 91.3 Å².